The zero-order valence-electron chi connectivity index (χ0n) is 11.7. The number of rotatable bonds is 5. The van der Waals surface area contributed by atoms with Gasteiger partial charge in [-0.2, -0.15) is 4.98 Å². The first kappa shape index (κ1) is 15.7. The highest BCUT2D eigenvalue weighted by Crippen LogP contribution is 2.38. The number of halogens is 2. The Hall–Kier alpha value is -1.73. The van der Waals surface area contributed by atoms with E-state index in [-0.39, 0.29) is 0 Å². The maximum atomic E-state index is 6.08. The van der Waals surface area contributed by atoms with Gasteiger partial charge in [0.25, 0.3) is 0 Å². The van der Waals surface area contributed by atoms with Crippen molar-refractivity contribution >= 4 is 45.0 Å². The summed E-state index contributed by atoms with van der Waals surface area (Å²) in [5.74, 6) is 2.22. The normalized spacial score (nSPS) is 10.1. The first-order chi connectivity index (χ1) is 10.1. The summed E-state index contributed by atoms with van der Waals surface area (Å²) < 4.78 is 11.3. The SMILES string of the molecule is CNc1ncc(Br)c(Nc2cc(OC)c(Cl)cc2OC)n1. The topological polar surface area (TPSA) is 68.3 Å². The summed E-state index contributed by atoms with van der Waals surface area (Å²) in [6.07, 6.45) is 1.65. The molecule has 0 atom stereocenters. The van der Waals surface area contributed by atoms with Gasteiger partial charge in [-0.3, -0.25) is 0 Å². The van der Waals surface area contributed by atoms with Gasteiger partial charge in [0.2, 0.25) is 5.95 Å². The molecule has 1 aromatic heterocycles. The van der Waals surface area contributed by atoms with Crippen LogP contribution in [0.25, 0.3) is 0 Å². The second kappa shape index (κ2) is 6.82. The van der Waals surface area contributed by atoms with Crippen molar-refractivity contribution in [2.75, 3.05) is 31.9 Å². The molecule has 0 spiro atoms. The lowest BCUT2D eigenvalue weighted by Crippen LogP contribution is -2.02. The second-order valence-electron chi connectivity index (χ2n) is 3.95. The van der Waals surface area contributed by atoms with Crippen LogP contribution in [0.1, 0.15) is 0 Å². The third-order valence-corrected chi connectivity index (χ3v) is 3.57. The van der Waals surface area contributed by atoms with Crippen LogP contribution in [0.3, 0.4) is 0 Å². The van der Waals surface area contributed by atoms with Gasteiger partial charge in [-0.1, -0.05) is 11.6 Å². The fourth-order valence-corrected chi connectivity index (χ4v) is 2.18. The third-order valence-electron chi connectivity index (χ3n) is 2.69. The predicted molar refractivity (Wildman–Crippen MR) is 87.1 cm³/mol. The van der Waals surface area contributed by atoms with E-state index < -0.39 is 0 Å². The molecule has 8 heteroatoms. The zero-order chi connectivity index (χ0) is 15.4. The van der Waals surface area contributed by atoms with Crippen molar-refractivity contribution in [1.82, 2.24) is 9.97 Å². The molecule has 6 nitrogen and oxygen atoms in total. The number of nitrogens with zero attached hydrogens (tertiary/aromatic N) is 2. The number of ether oxygens (including phenoxy) is 2. The molecule has 0 aliphatic carbocycles. The Kier molecular flexibility index (Phi) is 5.08. The van der Waals surface area contributed by atoms with Crippen LogP contribution in [0.2, 0.25) is 5.02 Å². The average molecular weight is 374 g/mol. The predicted octanol–water partition coefficient (Wildman–Crippen LogP) is 3.70. The minimum Gasteiger partial charge on any atom is -0.495 e. The first-order valence-electron chi connectivity index (χ1n) is 5.98. The Morgan fingerprint density at radius 1 is 1.19 bits per heavy atom. The van der Waals surface area contributed by atoms with Gasteiger partial charge in [0.15, 0.2) is 0 Å². The van der Waals surface area contributed by atoms with Gasteiger partial charge in [-0.25, -0.2) is 4.98 Å². The number of methoxy groups -OCH3 is 2. The molecule has 0 bridgehead atoms. The molecule has 2 N–H and O–H groups in total. The van der Waals surface area contributed by atoms with Crippen LogP contribution in [-0.4, -0.2) is 31.2 Å². The van der Waals surface area contributed by atoms with Crippen molar-refractivity contribution in [2.45, 2.75) is 0 Å². The second-order valence-corrected chi connectivity index (χ2v) is 5.21. The number of benzene rings is 1. The Labute approximate surface area is 136 Å². The lowest BCUT2D eigenvalue weighted by Gasteiger charge is -2.14. The summed E-state index contributed by atoms with van der Waals surface area (Å²) in [5, 5.41) is 6.52. The molecule has 1 aromatic carbocycles. The summed E-state index contributed by atoms with van der Waals surface area (Å²) in [5.41, 5.74) is 0.681. The minimum atomic E-state index is 0.470. The van der Waals surface area contributed by atoms with Crippen molar-refractivity contribution in [2.24, 2.45) is 0 Å². The molecule has 0 saturated carbocycles. The standard InChI is InChI=1S/C13H14BrClN4O2/c1-16-13-17-6-7(14)12(19-13)18-9-5-10(20-2)8(15)4-11(9)21-3/h4-6H,1-3H3,(H2,16,17,18,19). The summed E-state index contributed by atoms with van der Waals surface area (Å²) in [6.45, 7) is 0. The summed E-state index contributed by atoms with van der Waals surface area (Å²) >= 11 is 9.48. The average Bonchev–Trinajstić information content (AvgIpc) is 2.50. The van der Waals surface area contributed by atoms with E-state index in [1.807, 2.05) is 0 Å². The van der Waals surface area contributed by atoms with E-state index in [1.54, 1.807) is 39.6 Å². The van der Waals surface area contributed by atoms with Gasteiger partial charge in [0, 0.05) is 25.4 Å². The van der Waals surface area contributed by atoms with Gasteiger partial charge in [0.05, 0.1) is 29.4 Å². The molecule has 0 saturated heterocycles. The van der Waals surface area contributed by atoms with E-state index in [9.17, 15) is 0 Å². The van der Waals surface area contributed by atoms with Crippen LogP contribution in [0.4, 0.5) is 17.5 Å². The van der Waals surface area contributed by atoms with Crippen LogP contribution < -0.4 is 20.1 Å². The number of anilines is 3. The van der Waals surface area contributed by atoms with Crippen LogP contribution >= 0.6 is 27.5 Å². The van der Waals surface area contributed by atoms with Gasteiger partial charge in [-0.15, -0.1) is 0 Å². The molecular formula is C13H14BrClN4O2. The lowest BCUT2D eigenvalue weighted by atomic mass is 10.2. The van der Waals surface area contributed by atoms with Gasteiger partial charge in [-0.05, 0) is 15.9 Å². The van der Waals surface area contributed by atoms with Crippen LogP contribution in [0.15, 0.2) is 22.8 Å². The van der Waals surface area contributed by atoms with Crippen LogP contribution in [-0.2, 0) is 0 Å². The largest absolute Gasteiger partial charge is 0.495 e. The van der Waals surface area contributed by atoms with Crippen molar-refractivity contribution in [1.29, 1.82) is 0 Å². The first-order valence-corrected chi connectivity index (χ1v) is 7.15. The molecule has 112 valence electrons. The molecule has 1 heterocycles. The fourth-order valence-electron chi connectivity index (χ4n) is 1.66. The number of nitrogens with one attached hydrogen (secondary N) is 2. The van der Waals surface area contributed by atoms with E-state index in [2.05, 4.69) is 36.5 Å². The van der Waals surface area contributed by atoms with Crippen molar-refractivity contribution in [3.8, 4) is 11.5 Å². The zero-order valence-corrected chi connectivity index (χ0v) is 14.0. The molecule has 0 amide bonds. The fraction of sp³-hybridized carbons (Fsp3) is 0.231. The Morgan fingerprint density at radius 3 is 2.52 bits per heavy atom. The molecule has 0 radical (unpaired) electrons. The van der Waals surface area contributed by atoms with E-state index in [1.165, 1.54) is 0 Å². The number of hydrogen-bond acceptors (Lipinski definition) is 6. The highest BCUT2D eigenvalue weighted by molar-refractivity contribution is 9.10. The molecule has 2 aromatic rings. The minimum absolute atomic E-state index is 0.470. The van der Waals surface area contributed by atoms with E-state index >= 15 is 0 Å². The van der Waals surface area contributed by atoms with Crippen LogP contribution in [0, 0.1) is 0 Å². The van der Waals surface area contributed by atoms with Crippen LogP contribution in [0.5, 0.6) is 11.5 Å². The Morgan fingerprint density at radius 2 is 1.90 bits per heavy atom. The molecular weight excluding hydrogens is 360 g/mol. The Balaban J connectivity index is 2.43. The van der Waals surface area contributed by atoms with E-state index in [0.717, 1.165) is 4.47 Å². The molecule has 0 aliphatic rings. The molecule has 0 aliphatic heterocycles. The highest BCUT2D eigenvalue weighted by Gasteiger charge is 2.12. The van der Waals surface area contributed by atoms with E-state index in [4.69, 9.17) is 21.1 Å². The summed E-state index contributed by atoms with van der Waals surface area (Å²) in [6, 6.07) is 3.42. The maximum absolute atomic E-state index is 6.08. The lowest BCUT2D eigenvalue weighted by molar-refractivity contribution is 0.405. The van der Waals surface area contributed by atoms with Gasteiger partial charge < -0.3 is 20.1 Å². The summed E-state index contributed by atoms with van der Waals surface area (Å²) in [7, 11) is 4.87. The quantitative estimate of drug-likeness (QED) is 0.833. The molecule has 0 unspecified atom stereocenters. The molecule has 21 heavy (non-hydrogen) atoms. The van der Waals surface area contributed by atoms with Crippen molar-refractivity contribution < 1.29 is 9.47 Å². The highest BCUT2D eigenvalue weighted by atomic mass is 79.9. The van der Waals surface area contributed by atoms with Gasteiger partial charge >= 0.3 is 0 Å². The van der Waals surface area contributed by atoms with E-state index in [0.29, 0.717) is 34.0 Å². The number of aromatic nitrogens is 2. The molecule has 2 rings (SSSR count). The molecule has 0 fully saturated rings. The monoisotopic (exact) mass is 372 g/mol. The van der Waals surface area contributed by atoms with Crippen molar-refractivity contribution in [3.05, 3.63) is 27.8 Å². The number of hydrogen-bond donors (Lipinski definition) is 2. The maximum Gasteiger partial charge on any atom is 0.224 e. The smallest absolute Gasteiger partial charge is 0.224 e. The van der Waals surface area contributed by atoms with Gasteiger partial charge in [0.1, 0.15) is 17.3 Å². The van der Waals surface area contributed by atoms with Crippen molar-refractivity contribution in [3.63, 3.8) is 0 Å². The third kappa shape index (κ3) is 3.48. The Bertz CT molecular complexity index is 654. The summed E-state index contributed by atoms with van der Waals surface area (Å²) in [4.78, 5) is 8.43.